The maximum atomic E-state index is 11.1. The van der Waals surface area contributed by atoms with Crippen LogP contribution in [-0.4, -0.2) is 57.3 Å². The minimum atomic E-state index is -0.835. The van der Waals surface area contributed by atoms with E-state index in [1.54, 1.807) is 6.20 Å². The molecule has 1 amide bonds. The molecular weight excluding hydrogens is 309 g/mol. The molecule has 0 spiro atoms. The monoisotopic (exact) mass is 335 g/mol. The third-order valence-corrected chi connectivity index (χ3v) is 5.41. The highest BCUT2D eigenvalue weighted by molar-refractivity contribution is 6.61. The van der Waals surface area contributed by atoms with Crippen LogP contribution in [-0.2, 0) is 15.9 Å². The van der Waals surface area contributed by atoms with Crippen molar-refractivity contribution < 1.29 is 19.2 Å². The van der Waals surface area contributed by atoms with Gasteiger partial charge in [-0.05, 0) is 46.5 Å². The molecule has 2 fully saturated rings. The second-order valence-electron chi connectivity index (χ2n) is 7.82. The lowest BCUT2D eigenvalue weighted by molar-refractivity contribution is 0.00578. The smallest absolute Gasteiger partial charge is 0.465 e. The Morgan fingerprint density at radius 2 is 2.04 bits per heavy atom. The minimum absolute atomic E-state index is 0.292. The van der Waals surface area contributed by atoms with Gasteiger partial charge in [-0.2, -0.15) is 5.10 Å². The molecular formula is C16H26BN3O4. The minimum Gasteiger partial charge on any atom is -0.465 e. The SMILES string of the molecule is CC1(C)OB(c2cnn(C[C@H]3CCCN(C(=O)O)C3)c2)OC1(C)C. The first kappa shape index (κ1) is 17.3. The van der Waals surface area contributed by atoms with Crippen molar-refractivity contribution in [2.45, 2.75) is 58.3 Å². The van der Waals surface area contributed by atoms with E-state index in [0.29, 0.717) is 25.6 Å². The van der Waals surface area contributed by atoms with Gasteiger partial charge in [-0.15, -0.1) is 0 Å². The van der Waals surface area contributed by atoms with Gasteiger partial charge in [-0.25, -0.2) is 4.79 Å². The first-order chi connectivity index (χ1) is 11.2. The zero-order chi connectivity index (χ0) is 17.5. The first-order valence-corrected chi connectivity index (χ1v) is 8.54. The van der Waals surface area contributed by atoms with Gasteiger partial charge in [0.05, 0.1) is 11.2 Å². The van der Waals surface area contributed by atoms with Crippen molar-refractivity contribution in [3.63, 3.8) is 0 Å². The fourth-order valence-electron chi connectivity index (χ4n) is 3.23. The second kappa shape index (κ2) is 6.08. The third kappa shape index (κ3) is 3.30. The number of likely N-dealkylation sites (tertiary alicyclic amines) is 1. The Kier molecular flexibility index (Phi) is 4.38. The number of rotatable bonds is 3. The number of piperidine rings is 1. The summed E-state index contributed by atoms with van der Waals surface area (Å²) in [6.45, 7) is 10.0. The average Bonchev–Trinajstić information content (AvgIpc) is 3.02. The van der Waals surface area contributed by atoms with E-state index in [2.05, 4.69) is 5.10 Å². The van der Waals surface area contributed by atoms with Crippen LogP contribution in [0.2, 0.25) is 0 Å². The Labute approximate surface area is 143 Å². The van der Waals surface area contributed by atoms with E-state index in [0.717, 1.165) is 18.3 Å². The number of hydrogen-bond acceptors (Lipinski definition) is 4. The predicted molar refractivity (Wildman–Crippen MR) is 90.3 cm³/mol. The zero-order valence-corrected chi connectivity index (χ0v) is 14.9. The van der Waals surface area contributed by atoms with Crippen LogP contribution in [0.3, 0.4) is 0 Å². The van der Waals surface area contributed by atoms with E-state index in [-0.39, 0.29) is 11.2 Å². The van der Waals surface area contributed by atoms with Crippen LogP contribution in [0.1, 0.15) is 40.5 Å². The van der Waals surface area contributed by atoms with Crippen LogP contribution in [0.4, 0.5) is 4.79 Å². The Morgan fingerprint density at radius 3 is 2.67 bits per heavy atom. The molecule has 0 aromatic carbocycles. The summed E-state index contributed by atoms with van der Waals surface area (Å²) in [4.78, 5) is 12.6. The number of carboxylic acid groups (broad SMARTS) is 1. The molecule has 1 atom stereocenters. The molecule has 1 N–H and O–H groups in total. The number of aromatic nitrogens is 2. The van der Waals surface area contributed by atoms with Crippen molar-refractivity contribution in [2.24, 2.45) is 5.92 Å². The van der Waals surface area contributed by atoms with E-state index in [4.69, 9.17) is 14.4 Å². The van der Waals surface area contributed by atoms with Crippen molar-refractivity contribution in [2.75, 3.05) is 13.1 Å². The number of carbonyl (C=O) groups is 1. The lowest BCUT2D eigenvalue weighted by atomic mass is 9.82. The summed E-state index contributed by atoms with van der Waals surface area (Å²) in [5.74, 6) is 0.292. The fraction of sp³-hybridized carbons (Fsp3) is 0.750. The van der Waals surface area contributed by atoms with Gasteiger partial charge in [0, 0.05) is 37.5 Å². The summed E-state index contributed by atoms with van der Waals surface area (Å²) in [5.41, 5.74) is 0.163. The highest BCUT2D eigenvalue weighted by Gasteiger charge is 2.52. The third-order valence-electron chi connectivity index (χ3n) is 5.41. The van der Waals surface area contributed by atoms with Crippen molar-refractivity contribution in [1.82, 2.24) is 14.7 Å². The van der Waals surface area contributed by atoms with Crippen molar-refractivity contribution in [3.8, 4) is 0 Å². The van der Waals surface area contributed by atoms with Crippen LogP contribution >= 0.6 is 0 Å². The topological polar surface area (TPSA) is 76.8 Å². The molecule has 132 valence electrons. The summed E-state index contributed by atoms with van der Waals surface area (Å²) in [6.07, 6.45) is 4.82. The highest BCUT2D eigenvalue weighted by atomic mass is 16.7. The summed E-state index contributed by atoms with van der Waals surface area (Å²) >= 11 is 0. The Bertz CT molecular complexity index is 600. The standard InChI is InChI=1S/C16H26BN3O4/c1-15(2)16(3,4)24-17(23-15)13-8-18-20(11-13)10-12-6-5-7-19(9-12)14(21)22/h8,11-12H,5-7,9-10H2,1-4H3,(H,21,22)/t12-/m0/s1. The first-order valence-electron chi connectivity index (χ1n) is 8.54. The average molecular weight is 335 g/mol. The summed E-state index contributed by atoms with van der Waals surface area (Å²) in [7, 11) is -0.411. The molecule has 1 aromatic rings. The van der Waals surface area contributed by atoms with Gasteiger partial charge in [0.1, 0.15) is 0 Å². The van der Waals surface area contributed by atoms with Gasteiger partial charge >= 0.3 is 13.2 Å². The number of hydrogen-bond donors (Lipinski definition) is 1. The van der Waals surface area contributed by atoms with E-state index in [1.165, 1.54) is 4.90 Å². The summed E-state index contributed by atoms with van der Waals surface area (Å²) < 4.78 is 14.0. The van der Waals surface area contributed by atoms with E-state index >= 15 is 0 Å². The van der Waals surface area contributed by atoms with Gasteiger partial charge in [0.2, 0.25) is 0 Å². The predicted octanol–water partition coefficient (Wildman–Crippen LogP) is 1.57. The van der Waals surface area contributed by atoms with Crippen molar-refractivity contribution in [3.05, 3.63) is 12.4 Å². The quantitative estimate of drug-likeness (QED) is 0.849. The molecule has 24 heavy (non-hydrogen) atoms. The maximum absolute atomic E-state index is 11.1. The van der Waals surface area contributed by atoms with Gasteiger partial charge in [0.25, 0.3) is 0 Å². The van der Waals surface area contributed by atoms with Crippen LogP contribution in [0, 0.1) is 5.92 Å². The lowest BCUT2D eigenvalue weighted by Crippen LogP contribution is -2.41. The second-order valence-corrected chi connectivity index (χ2v) is 7.82. The normalized spacial score (nSPS) is 25.9. The van der Waals surface area contributed by atoms with Crippen LogP contribution in [0.5, 0.6) is 0 Å². The van der Waals surface area contributed by atoms with Crippen LogP contribution < -0.4 is 5.46 Å². The van der Waals surface area contributed by atoms with Gasteiger partial charge in [-0.3, -0.25) is 4.68 Å². The lowest BCUT2D eigenvalue weighted by Gasteiger charge is -2.32. The molecule has 0 radical (unpaired) electrons. The Balaban J connectivity index is 1.63. The largest absolute Gasteiger partial charge is 0.498 e. The van der Waals surface area contributed by atoms with E-state index in [9.17, 15) is 4.79 Å². The molecule has 8 heteroatoms. The molecule has 0 saturated carbocycles. The molecule has 0 aliphatic carbocycles. The molecule has 3 heterocycles. The molecule has 0 bridgehead atoms. The summed E-state index contributed by atoms with van der Waals surface area (Å²) in [6, 6.07) is 0. The molecule has 7 nitrogen and oxygen atoms in total. The Morgan fingerprint density at radius 1 is 1.38 bits per heavy atom. The molecule has 3 rings (SSSR count). The Hall–Kier alpha value is -1.54. The fourth-order valence-corrected chi connectivity index (χ4v) is 3.23. The van der Waals surface area contributed by atoms with E-state index in [1.807, 2.05) is 38.6 Å². The number of nitrogens with zero attached hydrogens (tertiary/aromatic N) is 3. The molecule has 2 aliphatic heterocycles. The van der Waals surface area contributed by atoms with Crippen LogP contribution in [0.15, 0.2) is 12.4 Å². The van der Waals surface area contributed by atoms with Gasteiger partial charge in [-0.1, -0.05) is 0 Å². The molecule has 1 aromatic heterocycles. The van der Waals surface area contributed by atoms with Crippen molar-refractivity contribution in [1.29, 1.82) is 0 Å². The van der Waals surface area contributed by atoms with Crippen molar-refractivity contribution >= 4 is 18.7 Å². The highest BCUT2D eigenvalue weighted by Crippen LogP contribution is 2.36. The summed E-state index contributed by atoms with van der Waals surface area (Å²) in [5, 5.41) is 13.5. The molecule has 2 aliphatic rings. The maximum Gasteiger partial charge on any atom is 0.498 e. The van der Waals surface area contributed by atoms with Crippen LogP contribution in [0.25, 0.3) is 0 Å². The number of amides is 1. The van der Waals surface area contributed by atoms with E-state index < -0.39 is 13.2 Å². The molecule has 0 unspecified atom stereocenters. The van der Waals surface area contributed by atoms with Gasteiger partial charge in [0.15, 0.2) is 0 Å². The molecule has 2 saturated heterocycles. The zero-order valence-electron chi connectivity index (χ0n) is 14.9. The van der Waals surface area contributed by atoms with Gasteiger partial charge < -0.3 is 19.3 Å².